The second-order valence-corrected chi connectivity index (χ2v) is 10.3. The molecule has 0 radical (unpaired) electrons. The first-order valence-electron chi connectivity index (χ1n) is 11.8. The molecule has 0 bridgehead atoms. The summed E-state index contributed by atoms with van der Waals surface area (Å²) in [6.45, 7) is 8.89. The van der Waals surface area contributed by atoms with Crippen LogP contribution in [0.5, 0.6) is 5.88 Å². The summed E-state index contributed by atoms with van der Waals surface area (Å²) < 4.78 is 12.5. The Kier molecular flexibility index (Phi) is 5.62. The molecular formula is C27H28N6O4. The number of nitrogens with one attached hydrogen (secondary N) is 1. The summed E-state index contributed by atoms with van der Waals surface area (Å²) in [6.07, 6.45) is 0.970. The summed E-state index contributed by atoms with van der Waals surface area (Å²) in [5.41, 5.74) is 2.57. The maximum atomic E-state index is 13.2. The van der Waals surface area contributed by atoms with Crippen LogP contribution in [0.1, 0.15) is 40.2 Å². The fourth-order valence-corrected chi connectivity index (χ4v) is 4.30. The number of ether oxygens (including phenoxy) is 2. The van der Waals surface area contributed by atoms with Crippen molar-refractivity contribution in [2.75, 3.05) is 17.3 Å². The van der Waals surface area contributed by atoms with E-state index >= 15 is 0 Å². The molecule has 1 aliphatic heterocycles. The minimum absolute atomic E-state index is 0.336. The molecule has 2 amide bonds. The second kappa shape index (κ2) is 8.58. The number of aromatic nitrogens is 4. The van der Waals surface area contributed by atoms with E-state index in [2.05, 4.69) is 20.4 Å². The third-order valence-electron chi connectivity index (χ3n) is 6.08. The van der Waals surface area contributed by atoms with Crippen molar-refractivity contribution in [2.24, 2.45) is 0 Å². The lowest BCUT2D eigenvalue weighted by Gasteiger charge is -2.24. The standard InChI is InChI=1S/C27H28N6O4/c1-26(2,3)37-25(35)32-20-15-17(10-11-18(20)27(4,5)23(32)34)29-24-30-21-9-7-8-19(33(21)31-24)16-12-13-28-22(14-16)36-6/h7-15H,1-6H3,(H,29,31). The SMILES string of the molecule is COc1cc(-c2cccc3nc(Nc4ccc5c(c4)N(C(=O)OC(C)(C)C)C(=O)C5(C)C)nn23)ccn1. The number of hydrogen-bond acceptors (Lipinski definition) is 8. The van der Waals surface area contributed by atoms with E-state index in [1.807, 2.05) is 42.5 Å². The van der Waals surface area contributed by atoms with Crippen molar-refractivity contribution in [3.05, 3.63) is 60.3 Å². The summed E-state index contributed by atoms with van der Waals surface area (Å²) in [6, 6.07) is 14.8. The molecule has 4 heterocycles. The molecule has 0 atom stereocenters. The zero-order valence-electron chi connectivity index (χ0n) is 21.6. The van der Waals surface area contributed by atoms with Gasteiger partial charge in [0.1, 0.15) is 5.60 Å². The van der Waals surface area contributed by atoms with E-state index in [1.54, 1.807) is 58.5 Å². The maximum Gasteiger partial charge on any atom is 0.421 e. The second-order valence-electron chi connectivity index (χ2n) is 10.3. The topological polar surface area (TPSA) is 111 Å². The molecule has 10 heteroatoms. The van der Waals surface area contributed by atoms with Crippen molar-refractivity contribution in [2.45, 2.75) is 45.6 Å². The summed E-state index contributed by atoms with van der Waals surface area (Å²) in [5.74, 6) is 0.524. The number of carbonyl (C=O) groups excluding carboxylic acids is 2. The predicted octanol–water partition coefficient (Wildman–Crippen LogP) is 5.10. The molecule has 1 aliphatic rings. The molecule has 1 aromatic carbocycles. The minimum Gasteiger partial charge on any atom is -0.481 e. The van der Waals surface area contributed by atoms with Gasteiger partial charge in [-0.15, -0.1) is 5.10 Å². The van der Waals surface area contributed by atoms with Gasteiger partial charge in [0.2, 0.25) is 17.7 Å². The van der Waals surface area contributed by atoms with Crippen LogP contribution in [0.15, 0.2) is 54.7 Å². The highest BCUT2D eigenvalue weighted by molar-refractivity contribution is 6.21. The largest absolute Gasteiger partial charge is 0.481 e. The average molecular weight is 501 g/mol. The highest BCUT2D eigenvalue weighted by Gasteiger charge is 2.48. The van der Waals surface area contributed by atoms with E-state index < -0.39 is 17.1 Å². The molecule has 0 spiro atoms. The fourth-order valence-electron chi connectivity index (χ4n) is 4.30. The first-order chi connectivity index (χ1) is 17.5. The minimum atomic E-state index is -0.868. The number of pyridine rings is 2. The Hall–Kier alpha value is -4.47. The predicted molar refractivity (Wildman–Crippen MR) is 139 cm³/mol. The van der Waals surface area contributed by atoms with Crippen LogP contribution < -0.4 is 15.0 Å². The Morgan fingerprint density at radius 3 is 2.59 bits per heavy atom. The number of imide groups is 1. The lowest BCUT2D eigenvalue weighted by Crippen LogP contribution is -2.43. The Bertz CT molecular complexity index is 1540. The monoisotopic (exact) mass is 500 g/mol. The number of hydrogen-bond donors (Lipinski definition) is 1. The highest BCUT2D eigenvalue weighted by Crippen LogP contribution is 2.43. The van der Waals surface area contributed by atoms with E-state index in [4.69, 9.17) is 9.47 Å². The van der Waals surface area contributed by atoms with Crippen LogP contribution in [0.25, 0.3) is 16.9 Å². The molecule has 5 rings (SSSR count). The van der Waals surface area contributed by atoms with Crippen LogP contribution in [-0.4, -0.2) is 44.3 Å². The van der Waals surface area contributed by atoms with Crippen molar-refractivity contribution < 1.29 is 19.1 Å². The Morgan fingerprint density at radius 1 is 1.08 bits per heavy atom. The normalized spacial score (nSPS) is 14.5. The molecule has 4 aromatic rings. The van der Waals surface area contributed by atoms with E-state index in [9.17, 15) is 9.59 Å². The van der Waals surface area contributed by atoms with Gasteiger partial charge in [0.25, 0.3) is 0 Å². The van der Waals surface area contributed by atoms with Gasteiger partial charge in [-0.1, -0.05) is 12.1 Å². The number of methoxy groups -OCH3 is 1. The summed E-state index contributed by atoms with van der Waals surface area (Å²) in [5, 5.41) is 7.84. The van der Waals surface area contributed by atoms with Gasteiger partial charge in [-0.3, -0.25) is 4.79 Å². The Balaban J connectivity index is 1.50. The number of fused-ring (bicyclic) bond motifs is 2. The molecule has 1 N–H and O–H groups in total. The van der Waals surface area contributed by atoms with Crippen LogP contribution >= 0.6 is 0 Å². The van der Waals surface area contributed by atoms with E-state index in [0.717, 1.165) is 21.7 Å². The fraction of sp³-hybridized carbons (Fsp3) is 0.296. The summed E-state index contributed by atoms with van der Waals surface area (Å²) in [7, 11) is 1.57. The smallest absolute Gasteiger partial charge is 0.421 e. The zero-order valence-corrected chi connectivity index (χ0v) is 21.6. The van der Waals surface area contributed by atoms with Gasteiger partial charge in [0, 0.05) is 23.5 Å². The van der Waals surface area contributed by atoms with Crippen molar-refractivity contribution >= 4 is 35.0 Å². The van der Waals surface area contributed by atoms with Gasteiger partial charge >= 0.3 is 6.09 Å². The molecule has 190 valence electrons. The molecule has 0 aliphatic carbocycles. The van der Waals surface area contributed by atoms with Crippen molar-refractivity contribution in [3.63, 3.8) is 0 Å². The first-order valence-corrected chi connectivity index (χ1v) is 11.8. The lowest BCUT2D eigenvalue weighted by atomic mass is 9.86. The van der Waals surface area contributed by atoms with Gasteiger partial charge in [-0.2, -0.15) is 4.98 Å². The van der Waals surface area contributed by atoms with Gasteiger partial charge in [-0.05, 0) is 70.5 Å². The van der Waals surface area contributed by atoms with Crippen LogP contribution in [0.3, 0.4) is 0 Å². The third-order valence-corrected chi connectivity index (χ3v) is 6.08. The van der Waals surface area contributed by atoms with Crippen molar-refractivity contribution in [3.8, 4) is 17.1 Å². The number of rotatable bonds is 4. The molecular weight excluding hydrogens is 472 g/mol. The van der Waals surface area contributed by atoms with E-state index in [0.29, 0.717) is 28.9 Å². The van der Waals surface area contributed by atoms with Crippen LogP contribution in [0, 0.1) is 0 Å². The molecule has 10 nitrogen and oxygen atoms in total. The van der Waals surface area contributed by atoms with Crippen molar-refractivity contribution in [1.82, 2.24) is 19.6 Å². The van der Waals surface area contributed by atoms with Crippen LogP contribution in [0.4, 0.5) is 22.1 Å². The number of anilines is 3. The Labute approximate surface area is 214 Å². The number of benzene rings is 1. The maximum absolute atomic E-state index is 13.2. The van der Waals surface area contributed by atoms with Crippen molar-refractivity contribution in [1.29, 1.82) is 0 Å². The summed E-state index contributed by atoms with van der Waals surface area (Å²) >= 11 is 0. The molecule has 37 heavy (non-hydrogen) atoms. The van der Waals surface area contributed by atoms with Gasteiger partial charge in [0.15, 0.2) is 5.65 Å². The molecule has 0 unspecified atom stereocenters. The number of nitrogens with zero attached hydrogens (tertiary/aromatic N) is 5. The lowest BCUT2D eigenvalue weighted by molar-refractivity contribution is -0.121. The quantitative estimate of drug-likeness (QED) is 0.412. The third kappa shape index (κ3) is 4.35. The molecule has 0 saturated heterocycles. The molecule has 3 aromatic heterocycles. The number of carbonyl (C=O) groups is 2. The first kappa shape index (κ1) is 24.2. The molecule has 0 saturated carbocycles. The Morgan fingerprint density at radius 2 is 1.86 bits per heavy atom. The highest BCUT2D eigenvalue weighted by atomic mass is 16.6. The van der Waals surface area contributed by atoms with Gasteiger partial charge in [0.05, 0.1) is 23.9 Å². The number of amides is 2. The van der Waals surface area contributed by atoms with Gasteiger partial charge in [-0.25, -0.2) is 19.2 Å². The van der Waals surface area contributed by atoms with Gasteiger partial charge < -0.3 is 14.8 Å². The summed E-state index contributed by atoms with van der Waals surface area (Å²) in [4.78, 5) is 36.0. The average Bonchev–Trinajstić information content (AvgIpc) is 3.33. The van der Waals surface area contributed by atoms with Crippen LogP contribution in [-0.2, 0) is 14.9 Å². The van der Waals surface area contributed by atoms with E-state index in [-0.39, 0.29) is 5.91 Å². The van der Waals surface area contributed by atoms with Crippen LogP contribution in [0.2, 0.25) is 0 Å². The molecule has 0 fully saturated rings. The van der Waals surface area contributed by atoms with E-state index in [1.165, 1.54) is 0 Å². The zero-order chi connectivity index (χ0) is 26.5.